The van der Waals surface area contributed by atoms with Crippen LogP contribution in [0.2, 0.25) is 0 Å². The highest BCUT2D eigenvalue weighted by Crippen LogP contribution is 2.21. The van der Waals surface area contributed by atoms with Gasteiger partial charge in [-0.1, -0.05) is 18.2 Å². The van der Waals surface area contributed by atoms with Gasteiger partial charge in [0.25, 0.3) is 0 Å². The molecule has 0 N–H and O–H groups in total. The summed E-state index contributed by atoms with van der Waals surface area (Å²) in [4.78, 5) is 28.2. The SMILES string of the molecule is Cc1cc(-c2cccc(C(=O)CC(=O)OC(C)(C)C)c2)ccn1. The molecule has 0 saturated carbocycles. The van der Waals surface area contributed by atoms with Gasteiger partial charge < -0.3 is 4.74 Å². The van der Waals surface area contributed by atoms with Crippen molar-refractivity contribution in [3.05, 3.63) is 53.9 Å². The van der Waals surface area contributed by atoms with Gasteiger partial charge in [-0.3, -0.25) is 14.6 Å². The molecule has 0 unspecified atom stereocenters. The van der Waals surface area contributed by atoms with E-state index in [9.17, 15) is 9.59 Å². The molecule has 23 heavy (non-hydrogen) atoms. The summed E-state index contributed by atoms with van der Waals surface area (Å²) in [5.41, 5.74) is 2.74. The third-order valence-corrected chi connectivity index (χ3v) is 3.14. The second-order valence-corrected chi connectivity index (χ2v) is 6.45. The van der Waals surface area contributed by atoms with Crippen molar-refractivity contribution in [1.29, 1.82) is 0 Å². The maximum atomic E-state index is 12.3. The molecule has 0 fully saturated rings. The van der Waals surface area contributed by atoms with Gasteiger partial charge in [-0.25, -0.2) is 0 Å². The minimum atomic E-state index is -0.590. The van der Waals surface area contributed by atoms with Gasteiger partial charge in [0.15, 0.2) is 5.78 Å². The molecular formula is C19H21NO3. The van der Waals surface area contributed by atoms with Gasteiger partial charge in [0, 0.05) is 17.5 Å². The molecule has 0 radical (unpaired) electrons. The summed E-state index contributed by atoms with van der Waals surface area (Å²) in [6.45, 7) is 7.26. The predicted molar refractivity (Wildman–Crippen MR) is 89.2 cm³/mol. The van der Waals surface area contributed by atoms with Crippen molar-refractivity contribution in [2.75, 3.05) is 0 Å². The number of Topliss-reactive ketones (excluding diaryl/α,β-unsaturated/α-hetero) is 1. The average molecular weight is 311 g/mol. The second-order valence-electron chi connectivity index (χ2n) is 6.45. The van der Waals surface area contributed by atoms with Crippen molar-refractivity contribution in [3.63, 3.8) is 0 Å². The van der Waals surface area contributed by atoms with Gasteiger partial charge in [-0.2, -0.15) is 0 Å². The molecule has 0 saturated heterocycles. The second kappa shape index (κ2) is 6.73. The van der Waals surface area contributed by atoms with Gasteiger partial charge >= 0.3 is 5.97 Å². The zero-order chi connectivity index (χ0) is 17.0. The first kappa shape index (κ1) is 16.9. The number of carbonyl (C=O) groups excluding carboxylic acids is 2. The van der Waals surface area contributed by atoms with E-state index in [4.69, 9.17) is 4.74 Å². The topological polar surface area (TPSA) is 56.3 Å². The van der Waals surface area contributed by atoms with Crippen LogP contribution in [0.1, 0.15) is 43.2 Å². The summed E-state index contributed by atoms with van der Waals surface area (Å²) < 4.78 is 5.19. The number of nitrogens with zero attached hydrogens (tertiary/aromatic N) is 1. The third-order valence-electron chi connectivity index (χ3n) is 3.14. The number of aryl methyl sites for hydroxylation is 1. The number of carbonyl (C=O) groups is 2. The summed E-state index contributed by atoms with van der Waals surface area (Å²) in [5.74, 6) is -0.750. The van der Waals surface area contributed by atoms with Crippen LogP contribution in [0.25, 0.3) is 11.1 Å². The van der Waals surface area contributed by atoms with Crippen LogP contribution in [0.15, 0.2) is 42.6 Å². The van der Waals surface area contributed by atoms with E-state index in [1.165, 1.54) is 0 Å². The number of hydrogen-bond acceptors (Lipinski definition) is 4. The molecule has 1 aromatic heterocycles. The lowest BCUT2D eigenvalue weighted by molar-refractivity contribution is -0.153. The fourth-order valence-electron chi connectivity index (χ4n) is 2.21. The number of esters is 1. The van der Waals surface area contributed by atoms with E-state index in [-0.39, 0.29) is 12.2 Å². The monoisotopic (exact) mass is 311 g/mol. The van der Waals surface area contributed by atoms with Gasteiger partial charge in [0.1, 0.15) is 12.0 Å². The van der Waals surface area contributed by atoms with E-state index in [1.54, 1.807) is 39.1 Å². The van der Waals surface area contributed by atoms with Crippen LogP contribution in [-0.2, 0) is 9.53 Å². The Morgan fingerprint density at radius 3 is 2.43 bits per heavy atom. The Morgan fingerprint density at radius 1 is 1.09 bits per heavy atom. The van der Waals surface area contributed by atoms with Gasteiger partial charge in [-0.15, -0.1) is 0 Å². The average Bonchev–Trinajstić information content (AvgIpc) is 2.45. The Hall–Kier alpha value is -2.49. The smallest absolute Gasteiger partial charge is 0.314 e. The van der Waals surface area contributed by atoms with Gasteiger partial charge in [0.2, 0.25) is 0 Å². The normalized spacial score (nSPS) is 11.1. The quantitative estimate of drug-likeness (QED) is 0.487. The highest BCUT2D eigenvalue weighted by molar-refractivity contribution is 6.06. The highest BCUT2D eigenvalue weighted by atomic mass is 16.6. The van der Waals surface area contributed by atoms with Crippen LogP contribution in [0.5, 0.6) is 0 Å². The summed E-state index contributed by atoms with van der Waals surface area (Å²) >= 11 is 0. The number of aromatic nitrogens is 1. The van der Waals surface area contributed by atoms with Crippen LogP contribution in [-0.4, -0.2) is 22.3 Å². The lowest BCUT2D eigenvalue weighted by atomic mass is 10.0. The van der Waals surface area contributed by atoms with Crippen molar-refractivity contribution in [2.24, 2.45) is 0 Å². The molecular weight excluding hydrogens is 290 g/mol. The number of benzene rings is 1. The van der Waals surface area contributed by atoms with E-state index < -0.39 is 11.6 Å². The molecule has 0 aliphatic carbocycles. The Bertz CT molecular complexity index is 729. The molecule has 0 amide bonds. The fraction of sp³-hybridized carbons (Fsp3) is 0.316. The number of rotatable bonds is 4. The number of hydrogen-bond donors (Lipinski definition) is 0. The first-order valence-corrected chi connectivity index (χ1v) is 7.53. The zero-order valence-corrected chi connectivity index (χ0v) is 13.9. The zero-order valence-electron chi connectivity index (χ0n) is 13.9. The molecule has 0 spiro atoms. The van der Waals surface area contributed by atoms with Crippen LogP contribution in [0.4, 0.5) is 0 Å². The molecule has 4 nitrogen and oxygen atoms in total. The summed E-state index contributed by atoms with van der Waals surface area (Å²) in [6.07, 6.45) is 1.48. The van der Waals surface area contributed by atoms with Crippen molar-refractivity contribution < 1.29 is 14.3 Å². The van der Waals surface area contributed by atoms with Crippen LogP contribution in [0.3, 0.4) is 0 Å². The minimum absolute atomic E-state index is 0.244. The molecule has 0 aliphatic heterocycles. The largest absolute Gasteiger partial charge is 0.460 e. The summed E-state index contributed by atoms with van der Waals surface area (Å²) in [6, 6.07) is 11.1. The first-order valence-electron chi connectivity index (χ1n) is 7.53. The van der Waals surface area contributed by atoms with Crippen molar-refractivity contribution in [2.45, 2.75) is 39.7 Å². The van der Waals surface area contributed by atoms with E-state index in [0.29, 0.717) is 5.56 Å². The number of ether oxygens (including phenoxy) is 1. The number of pyridine rings is 1. The molecule has 2 aromatic rings. The van der Waals surface area contributed by atoms with Crippen LogP contribution in [0, 0.1) is 6.92 Å². The van der Waals surface area contributed by atoms with Gasteiger partial charge in [-0.05, 0) is 57.0 Å². The molecule has 0 bridgehead atoms. The summed E-state index contributed by atoms with van der Waals surface area (Å²) in [5, 5.41) is 0. The van der Waals surface area contributed by atoms with Crippen molar-refractivity contribution >= 4 is 11.8 Å². The van der Waals surface area contributed by atoms with Gasteiger partial charge in [0.05, 0.1) is 0 Å². The maximum Gasteiger partial charge on any atom is 0.314 e. The first-order chi connectivity index (χ1) is 10.7. The highest BCUT2D eigenvalue weighted by Gasteiger charge is 2.19. The van der Waals surface area contributed by atoms with E-state index in [1.807, 2.05) is 31.2 Å². The summed E-state index contributed by atoms with van der Waals surface area (Å²) in [7, 11) is 0. The Morgan fingerprint density at radius 2 is 1.78 bits per heavy atom. The molecule has 0 aliphatic rings. The Labute approximate surface area is 136 Å². The van der Waals surface area contributed by atoms with Crippen molar-refractivity contribution in [1.82, 2.24) is 4.98 Å². The molecule has 120 valence electrons. The fourth-order valence-corrected chi connectivity index (χ4v) is 2.21. The van der Waals surface area contributed by atoms with E-state index in [0.717, 1.165) is 16.8 Å². The lowest BCUT2D eigenvalue weighted by Crippen LogP contribution is -2.25. The molecule has 2 rings (SSSR count). The Balaban J connectivity index is 2.16. The van der Waals surface area contributed by atoms with E-state index >= 15 is 0 Å². The molecule has 1 heterocycles. The molecule has 4 heteroatoms. The minimum Gasteiger partial charge on any atom is -0.460 e. The predicted octanol–water partition coefficient (Wildman–Crippen LogP) is 3.97. The van der Waals surface area contributed by atoms with Crippen LogP contribution < -0.4 is 0 Å². The lowest BCUT2D eigenvalue weighted by Gasteiger charge is -2.19. The standard InChI is InChI=1S/C19H21NO3/c1-13-10-15(8-9-20-13)14-6-5-7-16(11-14)17(21)12-18(22)23-19(2,3)4/h5-11H,12H2,1-4H3. The van der Waals surface area contributed by atoms with E-state index in [2.05, 4.69) is 4.98 Å². The number of ketones is 1. The Kier molecular flexibility index (Phi) is 4.94. The third kappa shape index (κ3) is 5.02. The van der Waals surface area contributed by atoms with Crippen molar-refractivity contribution in [3.8, 4) is 11.1 Å². The maximum absolute atomic E-state index is 12.3. The van der Waals surface area contributed by atoms with Crippen LogP contribution >= 0.6 is 0 Å². The molecule has 0 atom stereocenters. The molecule has 1 aromatic carbocycles.